The van der Waals surface area contributed by atoms with E-state index in [1.54, 1.807) is 0 Å². The second-order valence-corrected chi connectivity index (χ2v) is 0.877. The van der Waals surface area contributed by atoms with Crippen LogP contribution in [0.15, 0.2) is 0 Å². The molecule has 0 fully saturated rings. The van der Waals surface area contributed by atoms with Gasteiger partial charge in [-0.2, -0.15) is 0 Å². The second kappa shape index (κ2) is 2.58. The third-order valence-corrected chi connectivity index (χ3v) is 0.251. The van der Waals surface area contributed by atoms with Crippen molar-refractivity contribution < 1.29 is 20.5 Å². The Morgan fingerprint density at radius 1 is 2.43 bits per heavy atom. The molecule has 0 bridgehead atoms. The zero-order chi connectivity index (χ0) is 9.28. The maximum Gasteiger partial charge on any atom is 0.305 e. The number of carboxylic acid groups (broad SMARTS) is 1. The third kappa shape index (κ3) is 5.43. The Balaban J connectivity index is 4.67. The lowest BCUT2D eigenvalue weighted by Gasteiger charge is -1.94. The summed E-state index contributed by atoms with van der Waals surface area (Å²) in [5.41, 5.74) is 0. The van der Waals surface area contributed by atoms with Crippen molar-refractivity contribution in [1.29, 1.82) is 0 Å². The summed E-state index contributed by atoms with van der Waals surface area (Å²) in [6.07, 6.45) is -5.99. The Morgan fingerprint density at radius 3 is 3.14 bits per heavy atom. The molecule has 0 amide bonds. The summed E-state index contributed by atoms with van der Waals surface area (Å²) >= 11 is 0. The molecule has 0 rings (SSSR count). The highest BCUT2D eigenvalue weighted by molar-refractivity contribution is 5.67. The molecule has 3 nitrogen and oxygen atoms in total. The number of carboxylic acids is 1. The highest BCUT2D eigenvalue weighted by Gasteiger charge is 2.00. The van der Waals surface area contributed by atoms with Crippen molar-refractivity contribution in [3.63, 3.8) is 0 Å². The third-order valence-electron chi connectivity index (χ3n) is 0.251. The smallest absolute Gasteiger partial charge is 0.305 e. The van der Waals surface area contributed by atoms with Crippen LogP contribution >= 0.6 is 0 Å². The molecule has 0 radical (unpaired) electrons. The van der Waals surface area contributed by atoms with Gasteiger partial charge in [-0.3, -0.25) is 4.79 Å². The first-order valence-electron chi connectivity index (χ1n) is 3.71. The zero-order valence-electron chi connectivity index (χ0n) is 7.51. The minimum absolute atomic E-state index is 1.02. The predicted octanol–water partition coefficient (Wildman–Crippen LogP) is -0.158. The number of hydrogen-bond acceptors (Lipinski definition) is 2. The molecule has 0 heterocycles. The fourth-order valence-corrected chi connectivity index (χ4v) is 0.123. The normalized spacial score (nSPS) is 28.1. The van der Waals surface area contributed by atoms with Gasteiger partial charge in [0.1, 0.15) is 0 Å². The van der Waals surface area contributed by atoms with Crippen molar-refractivity contribution >= 4 is 5.97 Å². The summed E-state index contributed by atoms with van der Waals surface area (Å²) in [6, 6.07) is 0. The maximum absolute atomic E-state index is 10.1. The number of aliphatic carboxylic acids is 1. The van der Waals surface area contributed by atoms with E-state index < -0.39 is 25.3 Å². The maximum atomic E-state index is 10.1. The zero-order valence-corrected chi connectivity index (χ0v) is 3.51. The van der Waals surface area contributed by atoms with Crippen molar-refractivity contribution in [2.75, 3.05) is 0 Å². The van der Waals surface area contributed by atoms with Gasteiger partial charge in [-0.05, 0) is 6.90 Å². The van der Waals surface area contributed by atoms with Crippen LogP contribution in [0.3, 0.4) is 0 Å². The predicted molar refractivity (Wildman–Crippen MR) is 23.9 cm³/mol. The highest BCUT2D eigenvalue weighted by Crippen LogP contribution is 1.85. The van der Waals surface area contributed by atoms with Crippen LogP contribution < -0.4 is 0 Å². The first kappa shape index (κ1) is 2.13. The van der Waals surface area contributed by atoms with Gasteiger partial charge < -0.3 is 10.2 Å². The van der Waals surface area contributed by atoms with Crippen LogP contribution in [0, 0.1) is 0 Å². The molecule has 0 aliphatic heterocycles. The largest absolute Gasteiger partial charge is 0.481 e. The van der Waals surface area contributed by atoms with Gasteiger partial charge >= 0.3 is 5.97 Å². The Hall–Kier alpha value is -0.570. The number of carbonyl (C=O) groups is 1. The van der Waals surface area contributed by atoms with Gasteiger partial charge in [-0.1, -0.05) is 0 Å². The van der Waals surface area contributed by atoms with E-state index in [1.165, 1.54) is 0 Å². The van der Waals surface area contributed by atoms with Gasteiger partial charge in [0.05, 0.1) is 13.8 Å². The fourth-order valence-electron chi connectivity index (χ4n) is 0.123. The van der Waals surface area contributed by atoms with Crippen molar-refractivity contribution in [2.24, 2.45) is 0 Å². The van der Waals surface area contributed by atoms with Gasteiger partial charge in [-0.15, -0.1) is 0 Å². The first-order valence-corrected chi connectivity index (χ1v) is 1.50. The second-order valence-electron chi connectivity index (χ2n) is 0.877. The molecular formula is C4H8O3. The van der Waals surface area contributed by atoms with Crippen molar-refractivity contribution in [1.82, 2.24) is 0 Å². The van der Waals surface area contributed by atoms with E-state index in [0.717, 1.165) is 0 Å². The molecule has 0 aliphatic rings. The van der Waals surface area contributed by atoms with Crippen molar-refractivity contribution in [3.05, 3.63) is 0 Å². The Morgan fingerprint density at radius 2 is 3.00 bits per heavy atom. The van der Waals surface area contributed by atoms with Gasteiger partial charge in [0.2, 0.25) is 0 Å². The molecule has 1 atom stereocenters. The molecule has 1 unspecified atom stereocenters. The van der Waals surface area contributed by atoms with E-state index in [9.17, 15) is 4.79 Å². The molecule has 3 heteroatoms. The minimum atomic E-state index is -3.10. The monoisotopic (exact) mass is 108 g/mol. The van der Waals surface area contributed by atoms with Crippen molar-refractivity contribution in [2.45, 2.75) is 19.4 Å². The molecule has 0 aromatic heterocycles. The van der Waals surface area contributed by atoms with Crippen LogP contribution in [0.2, 0.25) is 0 Å². The number of hydrogen-bond donors (Lipinski definition) is 2. The molecule has 0 saturated heterocycles. The van der Waals surface area contributed by atoms with E-state index in [4.69, 9.17) is 15.7 Å². The number of aliphatic hydroxyl groups is 1. The molecule has 42 valence electrons. The van der Waals surface area contributed by atoms with Crippen LogP contribution in [0.25, 0.3) is 0 Å². The van der Waals surface area contributed by atoms with Crippen LogP contribution in [-0.2, 0) is 4.79 Å². The minimum Gasteiger partial charge on any atom is -0.481 e. The molecule has 0 spiro atoms. The van der Waals surface area contributed by atoms with Gasteiger partial charge in [0.25, 0.3) is 0 Å². The molecule has 0 aromatic carbocycles. The molecular weight excluding hydrogens is 96.0 g/mol. The summed E-state index contributed by atoms with van der Waals surface area (Å²) in [7, 11) is 0. The van der Waals surface area contributed by atoms with E-state index in [1.807, 2.05) is 0 Å². The molecule has 0 aromatic rings. The Kier molecular flexibility index (Phi) is 0.785. The summed E-state index contributed by atoms with van der Waals surface area (Å²) in [5.74, 6) is -1.94. The first-order chi connectivity index (χ1) is 4.75. The Labute approximate surface area is 47.2 Å². The lowest BCUT2D eigenvalue weighted by atomic mass is 10.3. The SMILES string of the molecule is [2H]CC([2H])(O)C([2H])([2H])C(=O)O. The summed E-state index contributed by atoms with van der Waals surface area (Å²) < 4.78 is 26.6. The van der Waals surface area contributed by atoms with Gasteiger partial charge in [0.15, 0.2) is 0 Å². The fraction of sp³-hybridized carbons (Fsp3) is 0.750. The lowest BCUT2D eigenvalue weighted by Crippen LogP contribution is -2.07. The summed E-state index contributed by atoms with van der Waals surface area (Å²) in [5, 5.41) is 16.9. The van der Waals surface area contributed by atoms with E-state index in [2.05, 4.69) is 0 Å². The summed E-state index contributed by atoms with van der Waals surface area (Å²) in [4.78, 5) is 10.1. The van der Waals surface area contributed by atoms with Gasteiger partial charge in [0, 0.05) is 4.11 Å². The molecule has 7 heavy (non-hydrogen) atoms. The average molecular weight is 108 g/mol. The quantitative estimate of drug-likeness (QED) is 0.517. The van der Waals surface area contributed by atoms with E-state index >= 15 is 0 Å². The molecule has 0 saturated carbocycles. The van der Waals surface area contributed by atoms with Crippen LogP contribution in [0.4, 0.5) is 0 Å². The molecule has 0 aliphatic carbocycles. The van der Waals surface area contributed by atoms with E-state index in [-0.39, 0.29) is 0 Å². The van der Waals surface area contributed by atoms with Crippen LogP contribution in [-0.4, -0.2) is 22.3 Å². The van der Waals surface area contributed by atoms with E-state index in [0.29, 0.717) is 0 Å². The van der Waals surface area contributed by atoms with Crippen molar-refractivity contribution in [3.8, 4) is 0 Å². The lowest BCUT2D eigenvalue weighted by molar-refractivity contribution is -0.138. The average Bonchev–Trinajstić information content (AvgIpc) is 1.87. The summed E-state index contributed by atoms with van der Waals surface area (Å²) in [6.45, 7) is -1.02. The highest BCUT2D eigenvalue weighted by atomic mass is 16.4. The van der Waals surface area contributed by atoms with Gasteiger partial charge in [-0.25, -0.2) is 0 Å². The van der Waals surface area contributed by atoms with Crippen LogP contribution in [0.1, 0.15) is 18.8 Å². The standard InChI is InChI=1S/C4H8O3/c1-3(5)2-4(6)7/h3,5H,2H2,1H3,(H,6,7)/i1D,2D2,3D. The van der Waals surface area contributed by atoms with Crippen LogP contribution in [0.5, 0.6) is 0 Å². The topological polar surface area (TPSA) is 57.5 Å². The Bertz CT molecular complexity index is 167. The number of rotatable bonds is 2. The molecule has 2 N–H and O–H groups in total.